The Morgan fingerprint density at radius 1 is 1.05 bits per heavy atom. The Bertz CT molecular complexity index is 888. The molecule has 4 saturated heterocycles. The highest BCUT2D eigenvalue weighted by Crippen LogP contribution is 2.43. The van der Waals surface area contributed by atoms with E-state index in [4.69, 9.17) is 0 Å². The Hall–Kier alpha value is -2.03. The van der Waals surface area contributed by atoms with Gasteiger partial charge in [-0.15, -0.1) is 0 Å². The van der Waals surface area contributed by atoms with E-state index in [2.05, 4.69) is 36.9 Å². The number of amides is 2. The number of carbonyl (C=O) groups is 2. The van der Waals surface area contributed by atoms with Crippen molar-refractivity contribution in [1.29, 1.82) is 0 Å². The van der Waals surface area contributed by atoms with Crippen LogP contribution in [0, 0.1) is 11.8 Å². The van der Waals surface area contributed by atoms with Gasteiger partial charge >= 0.3 is 0 Å². The number of likely N-dealkylation sites (N-methyl/N-ethyl adjacent to an activating group) is 1. The van der Waals surface area contributed by atoms with Crippen molar-refractivity contribution in [1.82, 2.24) is 29.9 Å². The van der Waals surface area contributed by atoms with Crippen LogP contribution < -0.4 is 5.32 Å². The van der Waals surface area contributed by atoms with E-state index in [1.165, 1.54) is 38.8 Å². The molecule has 4 aliphatic heterocycles. The van der Waals surface area contributed by atoms with Gasteiger partial charge in [0, 0.05) is 70.2 Å². The van der Waals surface area contributed by atoms with Gasteiger partial charge in [0.2, 0.25) is 5.91 Å². The van der Waals surface area contributed by atoms with Gasteiger partial charge in [0.05, 0.1) is 5.56 Å². The van der Waals surface area contributed by atoms with Crippen LogP contribution in [0.1, 0.15) is 61.7 Å². The molecule has 1 aromatic rings. The molecule has 0 bridgehead atoms. The summed E-state index contributed by atoms with van der Waals surface area (Å²) in [5, 5.41) is 3.14. The summed E-state index contributed by atoms with van der Waals surface area (Å²) in [6, 6.07) is 4.56. The van der Waals surface area contributed by atoms with Crippen LogP contribution in [0.3, 0.4) is 0 Å². The highest BCUT2D eigenvalue weighted by molar-refractivity contribution is 5.94. The van der Waals surface area contributed by atoms with E-state index in [0.717, 1.165) is 65.1 Å². The number of pyridine rings is 1. The van der Waals surface area contributed by atoms with Crippen LogP contribution in [-0.4, -0.2) is 114 Å². The van der Waals surface area contributed by atoms with Gasteiger partial charge in [-0.1, -0.05) is 0 Å². The topological polar surface area (TPSA) is 72.0 Å². The third kappa shape index (κ3) is 6.52. The summed E-state index contributed by atoms with van der Waals surface area (Å²) in [6.07, 6.45) is 11.6. The second kappa shape index (κ2) is 12.7. The summed E-state index contributed by atoms with van der Waals surface area (Å²) in [5.41, 5.74) is 0.688. The van der Waals surface area contributed by atoms with Gasteiger partial charge in [-0.05, 0) is 95.6 Å². The largest absolute Gasteiger partial charge is 0.356 e. The quantitative estimate of drug-likeness (QED) is 0.514. The Kier molecular flexibility index (Phi) is 9.10. The predicted octanol–water partition coefficient (Wildman–Crippen LogP) is 2.32. The van der Waals surface area contributed by atoms with E-state index in [0.29, 0.717) is 29.9 Å². The first kappa shape index (κ1) is 26.6. The van der Waals surface area contributed by atoms with E-state index in [1.54, 1.807) is 12.4 Å². The monoisotopic (exact) mass is 510 g/mol. The summed E-state index contributed by atoms with van der Waals surface area (Å²) < 4.78 is 0. The van der Waals surface area contributed by atoms with E-state index in [-0.39, 0.29) is 17.9 Å². The number of carbonyl (C=O) groups excluding carboxylic acids is 2. The minimum absolute atomic E-state index is 0.118. The van der Waals surface area contributed by atoms with Crippen LogP contribution in [0.25, 0.3) is 0 Å². The minimum Gasteiger partial charge on any atom is -0.356 e. The second-order valence-electron chi connectivity index (χ2n) is 11.7. The van der Waals surface area contributed by atoms with Crippen molar-refractivity contribution in [3.63, 3.8) is 0 Å². The molecule has 8 nitrogen and oxygen atoms in total. The Morgan fingerprint density at radius 3 is 2.65 bits per heavy atom. The number of likely N-dealkylation sites (tertiary alicyclic amines) is 1. The highest BCUT2D eigenvalue weighted by atomic mass is 16.2. The molecule has 0 aromatic carbocycles. The predicted molar refractivity (Wildman–Crippen MR) is 145 cm³/mol. The van der Waals surface area contributed by atoms with E-state index < -0.39 is 0 Å². The first-order valence-electron chi connectivity index (χ1n) is 14.7. The maximum atomic E-state index is 13.7. The van der Waals surface area contributed by atoms with Crippen LogP contribution in [0.4, 0.5) is 0 Å². The Balaban J connectivity index is 1.14. The molecule has 37 heavy (non-hydrogen) atoms. The van der Waals surface area contributed by atoms with Gasteiger partial charge in [0.1, 0.15) is 0 Å². The van der Waals surface area contributed by atoms with Crippen molar-refractivity contribution in [3.05, 3.63) is 30.1 Å². The Labute approximate surface area is 222 Å². The van der Waals surface area contributed by atoms with Crippen molar-refractivity contribution in [2.45, 2.75) is 63.5 Å². The lowest BCUT2D eigenvalue weighted by Gasteiger charge is -2.57. The van der Waals surface area contributed by atoms with Crippen molar-refractivity contribution in [3.8, 4) is 0 Å². The number of nitrogens with one attached hydrogen (secondary N) is 1. The first-order chi connectivity index (χ1) is 18.1. The van der Waals surface area contributed by atoms with Crippen LogP contribution in [0.2, 0.25) is 0 Å². The lowest BCUT2D eigenvalue weighted by atomic mass is 9.69. The molecule has 4 fully saturated rings. The number of nitrogens with zero attached hydrogens (tertiary/aromatic N) is 5. The fourth-order valence-electron chi connectivity index (χ4n) is 7.42. The smallest absolute Gasteiger partial charge is 0.255 e. The van der Waals surface area contributed by atoms with Crippen LogP contribution in [-0.2, 0) is 4.79 Å². The van der Waals surface area contributed by atoms with Crippen molar-refractivity contribution < 1.29 is 9.59 Å². The van der Waals surface area contributed by atoms with E-state index in [9.17, 15) is 9.59 Å². The van der Waals surface area contributed by atoms with E-state index >= 15 is 0 Å². The molecule has 5 rings (SSSR count). The summed E-state index contributed by atoms with van der Waals surface area (Å²) in [5.74, 6) is 1.35. The maximum Gasteiger partial charge on any atom is 0.255 e. The third-order valence-corrected chi connectivity index (χ3v) is 9.31. The molecule has 0 saturated carbocycles. The number of hydrogen-bond donors (Lipinski definition) is 1. The van der Waals surface area contributed by atoms with Gasteiger partial charge in [-0.2, -0.15) is 0 Å². The summed E-state index contributed by atoms with van der Waals surface area (Å²) in [4.78, 5) is 40.2. The molecular formula is C29H46N6O2. The molecule has 8 heteroatoms. The zero-order valence-corrected chi connectivity index (χ0v) is 22.7. The summed E-state index contributed by atoms with van der Waals surface area (Å²) >= 11 is 0. The molecule has 4 atom stereocenters. The van der Waals surface area contributed by atoms with Crippen molar-refractivity contribution in [2.24, 2.45) is 11.8 Å². The average Bonchev–Trinajstić information content (AvgIpc) is 2.93. The first-order valence-corrected chi connectivity index (χ1v) is 14.7. The minimum atomic E-state index is 0.118. The molecule has 0 aliphatic carbocycles. The standard InChI is InChI=1S/C29H46N6O2/c1-32-17-19-33(20-18-32)14-6-13-31-27(36)11-2-10-26-25-9-5-16-34-15-4-8-24(28(25)34)22-35(26)29(37)23-7-3-12-30-21-23/h3,7,12,21,24-26,28H,2,4-6,8-11,13-20,22H2,1H3,(H,31,36)/t24-,25+,26+,28-/m0/s1. The van der Waals surface area contributed by atoms with Gasteiger partial charge in [-0.3, -0.25) is 19.5 Å². The van der Waals surface area contributed by atoms with Gasteiger partial charge < -0.3 is 20.0 Å². The third-order valence-electron chi connectivity index (χ3n) is 9.31. The number of rotatable bonds is 9. The summed E-state index contributed by atoms with van der Waals surface area (Å²) in [7, 11) is 2.18. The molecule has 0 radical (unpaired) electrons. The molecule has 0 unspecified atom stereocenters. The fraction of sp³-hybridized carbons (Fsp3) is 0.759. The van der Waals surface area contributed by atoms with Crippen molar-refractivity contribution >= 4 is 11.8 Å². The van der Waals surface area contributed by atoms with E-state index in [1.807, 2.05) is 12.1 Å². The lowest BCUT2D eigenvalue weighted by molar-refractivity contribution is -0.121. The van der Waals surface area contributed by atoms with Crippen LogP contribution in [0.15, 0.2) is 24.5 Å². The zero-order valence-electron chi connectivity index (χ0n) is 22.7. The molecule has 2 amide bonds. The SMILES string of the molecule is CN1CCN(CCCNC(=O)CCC[C@@H]2[C@H]3CCCN4CCC[C@@H](CN2C(=O)c2cccnc2)[C@@H]34)CC1. The van der Waals surface area contributed by atoms with Gasteiger partial charge in [0.15, 0.2) is 0 Å². The number of piperazine rings is 1. The highest BCUT2D eigenvalue weighted by Gasteiger charge is 2.49. The molecule has 204 valence electrons. The molecule has 1 N–H and O–H groups in total. The molecule has 1 aromatic heterocycles. The van der Waals surface area contributed by atoms with Gasteiger partial charge in [0.25, 0.3) is 5.91 Å². The fourth-order valence-corrected chi connectivity index (χ4v) is 7.42. The molecule has 4 aliphatic rings. The molecule has 0 spiro atoms. The molecule has 5 heterocycles. The Morgan fingerprint density at radius 2 is 1.86 bits per heavy atom. The maximum absolute atomic E-state index is 13.7. The molecular weight excluding hydrogens is 464 g/mol. The average molecular weight is 511 g/mol. The van der Waals surface area contributed by atoms with Crippen molar-refractivity contribution in [2.75, 3.05) is 66.0 Å². The number of aromatic nitrogens is 1. The normalized spacial score (nSPS) is 29.1. The van der Waals surface area contributed by atoms with Gasteiger partial charge in [-0.25, -0.2) is 0 Å². The number of piperidine rings is 3. The summed E-state index contributed by atoms with van der Waals surface area (Å²) in [6.45, 7) is 9.58. The van der Waals surface area contributed by atoms with Crippen LogP contribution >= 0.6 is 0 Å². The lowest BCUT2D eigenvalue weighted by Crippen LogP contribution is -2.65. The number of hydrogen-bond acceptors (Lipinski definition) is 6. The zero-order chi connectivity index (χ0) is 25.6. The second-order valence-corrected chi connectivity index (χ2v) is 11.7. The van der Waals surface area contributed by atoms with Crippen LogP contribution in [0.5, 0.6) is 0 Å².